The fourth-order valence-electron chi connectivity index (χ4n) is 1.52. The van der Waals surface area contributed by atoms with Gasteiger partial charge in [0.15, 0.2) is 12.1 Å². The summed E-state index contributed by atoms with van der Waals surface area (Å²) in [4.78, 5) is 0. The lowest BCUT2D eigenvalue weighted by Gasteiger charge is -2.19. The van der Waals surface area contributed by atoms with Crippen LogP contribution in [-0.4, -0.2) is 36.0 Å². The van der Waals surface area contributed by atoms with E-state index in [1.807, 2.05) is 13.8 Å². The van der Waals surface area contributed by atoms with Crippen LogP contribution in [0.15, 0.2) is 0 Å². The second-order valence-corrected chi connectivity index (χ2v) is 3.36. The topological polar surface area (TPSA) is 47.9 Å². The van der Waals surface area contributed by atoms with Crippen LogP contribution in [0.25, 0.3) is 0 Å². The van der Waals surface area contributed by atoms with Crippen LogP contribution in [0.4, 0.5) is 0 Å². The van der Waals surface area contributed by atoms with E-state index >= 15 is 0 Å². The first-order chi connectivity index (χ1) is 5.08. The minimum atomic E-state index is -0.818. The van der Waals surface area contributed by atoms with Crippen LogP contribution in [0.3, 0.4) is 0 Å². The van der Waals surface area contributed by atoms with E-state index in [-0.39, 0.29) is 12.2 Å². The van der Waals surface area contributed by atoms with Crippen LogP contribution in [-0.2, 0) is 14.2 Å². The lowest BCUT2D eigenvalue weighted by atomic mass is 10.2. The van der Waals surface area contributed by atoms with Crippen LogP contribution >= 0.6 is 0 Å². The molecule has 11 heavy (non-hydrogen) atoms. The van der Waals surface area contributed by atoms with E-state index in [1.54, 1.807) is 0 Å². The molecule has 0 unspecified atom stereocenters. The summed E-state index contributed by atoms with van der Waals surface area (Å²) < 4.78 is 15.7. The van der Waals surface area contributed by atoms with Gasteiger partial charge in [-0.15, -0.1) is 0 Å². The Kier molecular flexibility index (Phi) is 1.47. The summed E-state index contributed by atoms with van der Waals surface area (Å²) >= 11 is 0. The van der Waals surface area contributed by atoms with Gasteiger partial charge in [0.05, 0.1) is 6.61 Å². The number of aliphatic hydroxyl groups is 1. The Balaban J connectivity index is 2.10. The molecule has 0 saturated carbocycles. The highest BCUT2D eigenvalue weighted by Crippen LogP contribution is 2.33. The maximum absolute atomic E-state index is 9.20. The Labute approximate surface area is 65.1 Å². The monoisotopic (exact) mass is 160 g/mol. The number of hydrogen-bond acceptors (Lipinski definition) is 4. The van der Waals surface area contributed by atoms with Crippen molar-refractivity contribution in [1.29, 1.82) is 0 Å². The van der Waals surface area contributed by atoms with Gasteiger partial charge in [0.25, 0.3) is 0 Å². The second kappa shape index (κ2) is 2.17. The van der Waals surface area contributed by atoms with Crippen molar-refractivity contribution in [3.05, 3.63) is 0 Å². The molecule has 0 aromatic carbocycles. The van der Waals surface area contributed by atoms with Gasteiger partial charge in [-0.2, -0.15) is 0 Å². The molecule has 4 heteroatoms. The predicted molar refractivity (Wildman–Crippen MR) is 35.8 cm³/mol. The van der Waals surface area contributed by atoms with Crippen molar-refractivity contribution in [1.82, 2.24) is 0 Å². The lowest BCUT2D eigenvalue weighted by molar-refractivity contribution is -0.205. The van der Waals surface area contributed by atoms with Crippen molar-refractivity contribution >= 4 is 0 Å². The molecule has 64 valence electrons. The smallest absolute Gasteiger partial charge is 0.184 e. The molecular weight excluding hydrogens is 148 g/mol. The molecular formula is C7H12O4. The summed E-state index contributed by atoms with van der Waals surface area (Å²) in [6.07, 6.45) is -1.22. The van der Waals surface area contributed by atoms with Gasteiger partial charge >= 0.3 is 0 Å². The van der Waals surface area contributed by atoms with Crippen molar-refractivity contribution in [2.45, 2.75) is 38.1 Å². The predicted octanol–water partition coefficient (Wildman–Crippen LogP) is -0.145. The highest BCUT2D eigenvalue weighted by atomic mass is 16.8. The lowest BCUT2D eigenvalue weighted by Crippen LogP contribution is -2.29. The number of ether oxygens (including phenoxy) is 3. The molecule has 4 nitrogen and oxygen atoms in total. The zero-order valence-corrected chi connectivity index (χ0v) is 6.61. The van der Waals surface area contributed by atoms with Crippen LogP contribution in [0, 0.1) is 0 Å². The standard InChI is InChI=1S/C7H12O4/c1-7(2)10-4-3-9-6(8)5(4)11-7/h4-6,8H,3H2,1-2H3/t4-,5-,6+/m0/s1. The minimum Gasteiger partial charge on any atom is -0.366 e. The van der Waals surface area contributed by atoms with E-state index in [1.165, 1.54) is 0 Å². The molecule has 3 atom stereocenters. The fourth-order valence-corrected chi connectivity index (χ4v) is 1.52. The van der Waals surface area contributed by atoms with E-state index in [2.05, 4.69) is 0 Å². The fraction of sp³-hybridized carbons (Fsp3) is 1.00. The van der Waals surface area contributed by atoms with E-state index in [0.717, 1.165) is 0 Å². The molecule has 0 radical (unpaired) electrons. The number of fused-ring (bicyclic) bond motifs is 1. The van der Waals surface area contributed by atoms with Gasteiger partial charge in [-0.3, -0.25) is 0 Å². The highest BCUT2D eigenvalue weighted by molar-refractivity contribution is 4.87. The first kappa shape index (κ1) is 7.49. The average Bonchev–Trinajstić information content (AvgIpc) is 2.31. The maximum Gasteiger partial charge on any atom is 0.184 e. The maximum atomic E-state index is 9.20. The summed E-state index contributed by atoms with van der Waals surface area (Å²) in [5.74, 6) is -0.569. The largest absolute Gasteiger partial charge is 0.366 e. The molecule has 0 spiro atoms. The van der Waals surface area contributed by atoms with Gasteiger partial charge in [-0.25, -0.2) is 0 Å². The van der Waals surface area contributed by atoms with Crippen LogP contribution in [0.2, 0.25) is 0 Å². The molecule has 0 aromatic heterocycles. The first-order valence-electron chi connectivity index (χ1n) is 3.74. The second-order valence-electron chi connectivity index (χ2n) is 3.36. The van der Waals surface area contributed by atoms with Crippen molar-refractivity contribution in [3.63, 3.8) is 0 Å². The molecule has 1 N–H and O–H groups in total. The van der Waals surface area contributed by atoms with E-state index in [9.17, 15) is 5.11 Å². The average molecular weight is 160 g/mol. The van der Waals surface area contributed by atoms with Gasteiger partial charge in [0, 0.05) is 0 Å². The number of hydrogen-bond donors (Lipinski definition) is 1. The summed E-state index contributed by atoms with van der Waals surface area (Å²) in [7, 11) is 0. The Morgan fingerprint density at radius 1 is 1.36 bits per heavy atom. The third-order valence-electron chi connectivity index (χ3n) is 1.93. The van der Waals surface area contributed by atoms with Crippen LogP contribution < -0.4 is 0 Å². The summed E-state index contributed by atoms with van der Waals surface area (Å²) in [5.41, 5.74) is 0. The normalized spacial score (nSPS) is 47.7. The van der Waals surface area contributed by atoms with Crippen molar-refractivity contribution in [2.24, 2.45) is 0 Å². The summed E-state index contributed by atoms with van der Waals surface area (Å²) in [5, 5.41) is 9.20. The van der Waals surface area contributed by atoms with Crippen molar-refractivity contribution < 1.29 is 19.3 Å². The zero-order valence-electron chi connectivity index (χ0n) is 6.61. The highest BCUT2D eigenvalue weighted by Gasteiger charge is 2.49. The Bertz CT molecular complexity index is 168. The van der Waals surface area contributed by atoms with Gasteiger partial charge in [0.1, 0.15) is 12.2 Å². The van der Waals surface area contributed by atoms with Gasteiger partial charge in [0.2, 0.25) is 0 Å². The van der Waals surface area contributed by atoms with Gasteiger partial charge < -0.3 is 19.3 Å². The number of aliphatic hydroxyl groups excluding tert-OH is 1. The Morgan fingerprint density at radius 3 is 2.73 bits per heavy atom. The molecule has 2 rings (SSSR count). The van der Waals surface area contributed by atoms with Crippen molar-refractivity contribution in [3.8, 4) is 0 Å². The van der Waals surface area contributed by atoms with E-state index < -0.39 is 12.1 Å². The van der Waals surface area contributed by atoms with Crippen LogP contribution in [0.5, 0.6) is 0 Å². The van der Waals surface area contributed by atoms with E-state index in [4.69, 9.17) is 14.2 Å². The zero-order chi connectivity index (χ0) is 8.06. The third kappa shape index (κ3) is 1.16. The Morgan fingerprint density at radius 2 is 2.09 bits per heavy atom. The quantitative estimate of drug-likeness (QED) is 0.535. The molecule has 2 aliphatic rings. The molecule has 0 bridgehead atoms. The van der Waals surface area contributed by atoms with Gasteiger partial charge in [-0.1, -0.05) is 0 Å². The molecule has 0 aliphatic carbocycles. The minimum absolute atomic E-state index is 0.0972. The summed E-state index contributed by atoms with van der Waals surface area (Å²) in [6.45, 7) is 4.09. The molecule has 2 heterocycles. The molecule has 0 amide bonds. The SMILES string of the molecule is CC1(C)O[C@@H]2[C@H](O)OC[C@@H]2O1. The number of rotatable bonds is 0. The first-order valence-corrected chi connectivity index (χ1v) is 3.74. The Hall–Kier alpha value is -0.160. The molecule has 2 fully saturated rings. The summed E-state index contributed by atoms with van der Waals surface area (Å²) in [6, 6.07) is 0. The van der Waals surface area contributed by atoms with Crippen molar-refractivity contribution in [2.75, 3.05) is 6.61 Å². The van der Waals surface area contributed by atoms with E-state index in [0.29, 0.717) is 6.61 Å². The molecule has 2 aliphatic heterocycles. The molecule has 0 aromatic rings. The third-order valence-corrected chi connectivity index (χ3v) is 1.93. The van der Waals surface area contributed by atoms with Crippen LogP contribution in [0.1, 0.15) is 13.8 Å². The van der Waals surface area contributed by atoms with Gasteiger partial charge in [-0.05, 0) is 13.8 Å². The molecule has 2 saturated heterocycles.